The van der Waals surface area contributed by atoms with Gasteiger partial charge in [0.25, 0.3) is 5.91 Å². The molecule has 3 N–H and O–H groups in total. The smallest absolute Gasteiger partial charge is 0.271 e. The van der Waals surface area contributed by atoms with Crippen LogP contribution in [0.1, 0.15) is 16.1 Å². The topological polar surface area (TPSA) is 93.9 Å². The maximum absolute atomic E-state index is 13.7. The highest BCUT2D eigenvalue weighted by Crippen LogP contribution is 2.27. The fourth-order valence-electron chi connectivity index (χ4n) is 2.24. The quantitative estimate of drug-likeness (QED) is 0.693. The summed E-state index contributed by atoms with van der Waals surface area (Å²) in [5, 5.41) is 9.88. The Bertz CT molecular complexity index is 943. The first kappa shape index (κ1) is 16.5. The number of carbonyl (C=O) groups is 1. The molecule has 0 radical (unpaired) electrons. The minimum Gasteiger partial charge on any atom is -0.486 e. The lowest BCUT2D eigenvalue weighted by Crippen LogP contribution is -2.13. The van der Waals surface area contributed by atoms with E-state index in [4.69, 9.17) is 10.5 Å². The van der Waals surface area contributed by atoms with Gasteiger partial charge in [0.1, 0.15) is 12.3 Å². The molecule has 3 aromatic rings. The largest absolute Gasteiger partial charge is 0.486 e. The number of nitrogens with one attached hydrogen (secondary N) is 1. The second kappa shape index (κ2) is 6.63. The molecule has 9 heteroatoms. The first-order chi connectivity index (χ1) is 12.0. The van der Waals surface area contributed by atoms with Gasteiger partial charge in [-0.25, -0.2) is 8.78 Å². The van der Waals surface area contributed by atoms with E-state index in [0.717, 1.165) is 12.1 Å². The van der Waals surface area contributed by atoms with Gasteiger partial charge in [-0.1, -0.05) is 24.3 Å². The van der Waals surface area contributed by atoms with Crippen LogP contribution in [0.15, 0.2) is 36.4 Å². The van der Waals surface area contributed by atoms with Crippen LogP contribution >= 0.6 is 0 Å². The number of aromatic amines is 1. The Labute approximate surface area is 139 Å². The zero-order valence-corrected chi connectivity index (χ0v) is 12.6. The average Bonchev–Trinajstić information content (AvgIpc) is 3.09. The number of primary amides is 1. The van der Waals surface area contributed by atoms with Crippen molar-refractivity contribution in [3.63, 3.8) is 0 Å². The molecule has 2 aromatic carbocycles. The van der Waals surface area contributed by atoms with Crippen LogP contribution in [0.3, 0.4) is 0 Å². The fraction of sp³-hybridized carbons (Fsp3) is 0.0625. The number of amides is 1. The normalized spacial score (nSPS) is 10.7. The molecule has 6 nitrogen and oxygen atoms in total. The van der Waals surface area contributed by atoms with Crippen molar-refractivity contribution in [1.29, 1.82) is 0 Å². The Morgan fingerprint density at radius 2 is 1.84 bits per heavy atom. The van der Waals surface area contributed by atoms with Gasteiger partial charge in [0.05, 0.1) is 0 Å². The van der Waals surface area contributed by atoms with Crippen molar-refractivity contribution in [2.24, 2.45) is 5.73 Å². The average molecular weight is 348 g/mol. The summed E-state index contributed by atoms with van der Waals surface area (Å²) in [6, 6.07) is 8.42. The van der Waals surface area contributed by atoms with Gasteiger partial charge in [-0.05, 0) is 17.7 Å². The fourth-order valence-corrected chi connectivity index (χ4v) is 2.24. The van der Waals surface area contributed by atoms with Gasteiger partial charge in [0.2, 0.25) is 5.82 Å². The molecule has 1 aromatic heterocycles. The van der Waals surface area contributed by atoms with E-state index in [-0.39, 0.29) is 18.0 Å². The summed E-state index contributed by atoms with van der Waals surface area (Å²) in [5.41, 5.74) is 6.38. The number of nitrogens with two attached hydrogens (primary N) is 1. The van der Waals surface area contributed by atoms with Gasteiger partial charge < -0.3 is 10.5 Å². The molecule has 3 rings (SSSR count). The lowest BCUT2D eigenvalue weighted by atomic mass is 10.0. The summed E-state index contributed by atoms with van der Waals surface area (Å²) in [6.07, 6.45) is 0. The van der Waals surface area contributed by atoms with Crippen LogP contribution in [0, 0.1) is 17.5 Å². The summed E-state index contributed by atoms with van der Waals surface area (Å²) in [4.78, 5) is 11.4. The Balaban J connectivity index is 1.91. The Morgan fingerprint density at radius 1 is 1.08 bits per heavy atom. The summed E-state index contributed by atoms with van der Waals surface area (Å²) in [6.45, 7) is -0.177. The monoisotopic (exact) mass is 348 g/mol. The highest BCUT2D eigenvalue weighted by molar-refractivity contribution is 5.97. The highest BCUT2D eigenvalue weighted by Gasteiger charge is 2.19. The molecule has 0 atom stereocenters. The minimum absolute atomic E-state index is 0.0635. The minimum atomic E-state index is -1.61. The van der Waals surface area contributed by atoms with E-state index in [1.165, 1.54) is 0 Å². The molecule has 0 bridgehead atoms. The van der Waals surface area contributed by atoms with Crippen molar-refractivity contribution in [3.8, 4) is 17.0 Å². The van der Waals surface area contributed by atoms with Gasteiger partial charge in [-0.2, -0.15) is 19.8 Å². The molecule has 0 aliphatic heterocycles. The van der Waals surface area contributed by atoms with Crippen molar-refractivity contribution >= 4 is 5.91 Å². The third kappa shape index (κ3) is 3.16. The Hall–Kier alpha value is -3.36. The van der Waals surface area contributed by atoms with Crippen molar-refractivity contribution in [2.75, 3.05) is 0 Å². The van der Waals surface area contributed by atoms with Crippen LogP contribution in [0.5, 0.6) is 5.75 Å². The second-order valence-electron chi connectivity index (χ2n) is 5.00. The third-order valence-corrected chi connectivity index (χ3v) is 3.44. The molecule has 128 valence electrons. The number of ether oxygens (including phenoxy) is 1. The molecule has 25 heavy (non-hydrogen) atoms. The van der Waals surface area contributed by atoms with Gasteiger partial charge in [-0.15, -0.1) is 0 Å². The molecule has 1 heterocycles. The number of rotatable bonds is 5. The molecule has 0 aliphatic rings. The van der Waals surface area contributed by atoms with Crippen LogP contribution < -0.4 is 10.5 Å². The number of benzene rings is 2. The maximum atomic E-state index is 13.7. The molecular weight excluding hydrogens is 337 g/mol. The first-order valence-electron chi connectivity index (χ1n) is 7.04. The van der Waals surface area contributed by atoms with E-state index >= 15 is 0 Å². The number of aromatic nitrogens is 3. The van der Waals surface area contributed by atoms with Crippen LogP contribution in [0.25, 0.3) is 11.3 Å². The predicted octanol–water partition coefficient (Wildman–Crippen LogP) is 2.57. The Morgan fingerprint density at radius 3 is 2.60 bits per heavy atom. The molecule has 1 amide bonds. The number of H-pyrrole nitrogens is 1. The maximum Gasteiger partial charge on any atom is 0.271 e. The van der Waals surface area contributed by atoms with Crippen molar-refractivity contribution < 1.29 is 22.7 Å². The van der Waals surface area contributed by atoms with Crippen molar-refractivity contribution in [1.82, 2.24) is 15.4 Å². The second-order valence-corrected chi connectivity index (χ2v) is 5.00. The lowest BCUT2D eigenvalue weighted by Gasteiger charge is -2.11. The summed E-state index contributed by atoms with van der Waals surface area (Å²) >= 11 is 0. The zero-order valence-electron chi connectivity index (χ0n) is 12.6. The van der Waals surface area contributed by atoms with Crippen LogP contribution in [0.4, 0.5) is 13.2 Å². The molecule has 0 unspecified atom stereocenters. The van der Waals surface area contributed by atoms with Gasteiger partial charge >= 0.3 is 0 Å². The highest BCUT2D eigenvalue weighted by atomic mass is 19.2. The molecule has 0 saturated carbocycles. The first-order valence-corrected chi connectivity index (χ1v) is 7.04. The zero-order chi connectivity index (χ0) is 18.0. The standard InChI is InChI=1S/C16H11F3N4O2/c17-10-5-6-11(13(19)12(10)18)25-7-8-3-1-2-4-9(8)14-15(16(20)24)22-23-21-14/h1-6H,7H2,(H2,20,24)(H,21,22,23). The summed E-state index contributed by atoms with van der Waals surface area (Å²) in [5.74, 6) is -5.55. The van der Waals surface area contributed by atoms with E-state index in [1.54, 1.807) is 24.3 Å². The van der Waals surface area contributed by atoms with E-state index in [1.807, 2.05) is 0 Å². The van der Waals surface area contributed by atoms with Crippen LogP contribution in [-0.2, 0) is 6.61 Å². The predicted molar refractivity (Wildman–Crippen MR) is 81.0 cm³/mol. The summed E-state index contributed by atoms with van der Waals surface area (Å²) < 4.78 is 45.1. The van der Waals surface area contributed by atoms with E-state index in [0.29, 0.717) is 11.1 Å². The molecule has 0 aliphatic carbocycles. The van der Waals surface area contributed by atoms with Crippen molar-refractivity contribution in [3.05, 3.63) is 65.1 Å². The van der Waals surface area contributed by atoms with E-state index in [9.17, 15) is 18.0 Å². The molecule has 0 fully saturated rings. The van der Waals surface area contributed by atoms with Gasteiger partial charge in [0, 0.05) is 5.56 Å². The number of hydrogen-bond donors (Lipinski definition) is 2. The SMILES string of the molecule is NC(=O)c1n[nH]nc1-c1ccccc1COc1ccc(F)c(F)c1F. The van der Waals surface area contributed by atoms with Crippen molar-refractivity contribution in [2.45, 2.75) is 6.61 Å². The Kier molecular flexibility index (Phi) is 4.38. The van der Waals surface area contributed by atoms with E-state index in [2.05, 4.69) is 15.4 Å². The molecule has 0 saturated heterocycles. The van der Waals surface area contributed by atoms with Gasteiger partial charge in [0.15, 0.2) is 23.1 Å². The molecular formula is C16H11F3N4O2. The number of carbonyl (C=O) groups excluding carboxylic acids is 1. The number of halogens is 3. The number of nitrogens with zero attached hydrogens (tertiary/aromatic N) is 2. The lowest BCUT2D eigenvalue weighted by molar-refractivity contribution is 0.0996. The van der Waals surface area contributed by atoms with Crippen LogP contribution in [-0.4, -0.2) is 21.3 Å². The van der Waals surface area contributed by atoms with E-state index < -0.39 is 29.1 Å². The molecule has 0 spiro atoms. The van der Waals surface area contributed by atoms with Crippen LogP contribution in [0.2, 0.25) is 0 Å². The summed E-state index contributed by atoms with van der Waals surface area (Å²) in [7, 11) is 0. The van der Waals surface area contributed by atoms with Gasteiger partial charge in [-0.3, -0.25) is 4.79 Å². The number of hydrogen-bond acceptors (Lipinski definition) is 4. The third-order valence-electron chi connectivity index (χ3n) is 3.44.